The van der Waals surface area contributed by atoms with Gasteiger partial charge in [0.15, 0.2) is 11.6 Å². The molecule has 110 valence electrons. The fourth-order valence-corrected chi connectivity index (χ4v) is 2.26. The molecule has 0 aliphatic carbocycles. The molecule has 0 saturated carbocycles. The third-order valence-electron chi connectivity index (χ3n) is 3.35. The van der Waals surface area contributed by atoms with E-state index in [4.69, 9.17) is 0 Å². The average Bonchev–Trinajstić information content (AvgIpc) is 2.45. The number of carbonyl (C=O) groups excluding carboxylic acids is 1. The predicted molar refractivity (Wildman–Crippen MR) is 72.1 cm³/mol. The second kappa shape index (κ2) is 6.76. The Bertz CT molecular complexity index is 475. The Hall–Kier alpha value is -1.53. The fourth-order valence-electron chi connectivity index (χ4n) is 2.26. The van der Waals surface area contributed by atoms with Crippen LogP contribution in [0.4, 0.5) is 8.78 Å². The van der Waals surface area contributed by atoms with Crippen LogP contribution in [0.25, 0.3) is 0 Å². The van der Waals surface area contributed by atoms with E-state index < -0.39 is 11.6 Å². The number of halogens is 2. The van der Waals surface area contributed by atoms with E-state index >= 15 is 0 Å². The van der Waals surface area contributed by atoms with Crippen LogP contribution in [0.2, 0.25) is 0 Å². The Morgan fingerprint density at radius 1 is 1.35 bits per heavy atom. The zero-order chi connectivity index (χ0) is 14.5. The van der Waals surface area contributed by atoms with Crippen molar-refractivity contribution in [3.63, 3.8) is 0 Å². The normalized spacial score (nSPS) is 15.7. The number of piperazine rings is 1. The van der Waals surface area contributed by atoms with Crippen LogP contribution in [0.5, 0.6) is 0 Å². The summed E-state index contributed by atoms with van der Waals surface area (Å²) in [4.78, 5) is 15.5. The Kier molecular flexibility index (Phi) is 5.03. The van der Waals surface area contributed by atoms with Crippen LogP contribution in [0, 0.1) is 11.6 Å². The zero-order valence-corrected chi connectivity index (χ0v) is 11.5. The highest BCUT2D eigenvalue weighted by molar-refractivity contribution is 5.78. The molecule has 1 fully saturated rings. The smallest absolute Gasteiger partial charge is 0.236 e. The summed E-state index contributed by atoms with van der Waals surface area (Å²) in [5.41, 5.74) is 0.264. The number of amides is 1. The van der Waals surface area contributed by atoms with Crippen LogP contribution in [0.15, 0.2) is 18.2 Å². The number of nitrogens with zero attached hydrogens (tertiary/aromatic N) is 2. The van der Waals surface area contributed by atoms with Crippen molar-refractivity contribution in [2.24, 2.45) is 0 Å². The number of carbonyl (C=O) groups is 1. The summed E-state index contributed by atoms with van der Waals surface area (Å²) in [6.07, 6.45) is 0. The van der Waals surface area contributed by atoms with Crippen molar-refractivity contribution in [3.05, 3.63) is 35.4 Å². The van der Waals surface area contributed by atoms with Gasteiger partial charge in [0, 0.05) is 38.3 Å². The summed E-state index contributed by atoms with van der Waals surface area (Å²) >= 11 is 0. The monoisotopic (exact) mass is 283 g/mol. The number of rotatable bonds is 4. The van der Waals surface area contributed by atoms with Crippen molar-refractivity contribution in [1.82, 2.24) is 15.1 Å². The van der Waals surface area contributed by atoms with Crippen molar-refractivity contribution >= 4 is 5.91 Å². The van der Waals surface area contributed by atoms with E-state index in [1.165, 1.54) is 12.1 Å². The van der Waals surface area contributed by atoms with Crippen LogP contribution in [0.1, 0.15) is 5.56 Å². The SMILES string of the molecule is CN(CC(=O)N1CCNCC1)Cc1cccc(F)c1F. The van der Waals surface area contributed by atoms with Crippen LogP contribution in [0.3, 0.4) is 0 Å². The first-order valence-corrected chi connectivity index (χ1v) is 6.68. The van der Waals surface area contributed by atoms with Crippen LogP contribution in [-0.4, -0.2) is 55.5 Å². The Labute approximate surface area is 117 Å². The molecular formula is C14H19F2N3O. The summed E-state index contributed by atoms with van der Waals surface area (Å²) in [5, 5.41) is 3.18. The predicted octanol–water partition coefficient (Wildman–Crippen LogP) is 0.828. The highest BCUT2D eigenvalue weighted by Crippen LogP contribution is 2.13. The molecule has 0 unspecified atom stereocenters. The topological polar surface area (TPSA) is 35.6 Å². The van der Waals surface area contributed by atoms with Gasteiger partial charge in [0.25, 0.3) is 0 Å². The molecule has 4 nitrogen and oxygen atoms in total. The highest BCUT2D eigenvalue weighted by atomic mass is 19.2. The molecule has 1 aliphatic rings. The standard InChI is InChI=1S/C14H19F2N3O/c1-18(9-11-3-2-4-12(15)14(11)16)10-13(20)19-7-5-17-6-8-19/h2-4,17H,5-10H2,1H3. The van der Waals surface area contributed by atoms with Gasteiger partial charge in [-0.15, -0.1) is 0 Å². The molecule has 1 aliphatic heterocycles. The molecular weight excluding hydrogens is 264 g/mol. The van der Waals surface area contributed by atoms with Gasteiger partial charge >= 0.3 is 0 Å². The van der Waals surface area contributed by atoms with Gasteiger partial charge in [-0.25, -0.2) is 8.78 Å². The van der Waals surface area contributed by atoms with Gasteiger partial charge in [0.05, 0.1) is 6.54 Å². The van der Waals surface area contributed by atoms with Gasteiger partial charge in [-0.1, -0.05) is 12.1 Å². The minimum absolute atomic E-state index is 0.0193. The quantitative estimate of drug-likeness (QED) is 0.889. The highest BCUT2D eigenvalue weighted by Gasteiger charge is 2.18. The summed E-state index contributed by atoms with van der Waals surface area (Å²) in [6, 6.07) is 4.09. The van der Waals surface area contributed by atoms with Gasteiger partial charge in [0.1, 0.15) is 0 Å². The van der Waals surface area contributed by atoms with Crippen molar-refractivity contribution in [1.29, 1.82) is 0 Å². The Morgan fingerprint density at radius 3 is 2.75 bits per heavy atom. The van der Waals surface area contributed by atoms with Crippen molar-refractivity contribution < 1.29 is 13.6 Å². The minimum atomic E-state index is -0.857. The second-order valence-corrected chi connectivity index (χ2v) is 5.02. The van der Waals surface area contributed by atoms with Crippen LogP contribution < -0.4 is 5.32 Å². The minimum Gasteiger partial charge on any atom is -0.339 e. The fraction of sp³-hybridized carbons (Fsp3) is 0.500. The summed E-state index contributed by atoms with van der Waals surface area (Å²) < 4.78 is 26.7. The van der Waals surface area contributed by atoms with E-state index in [0.717, 1.165) is 19.2 Å². The maximum absolute atomic E-state index is 13.5. The van der Waals surface area contributed by atoms with Crippen LogP contribution in [-0.2, 0) is 11.3 Å². The molecule has 2 rings (SSSR count). The maximum atomic E-state index is 13.5. The lowest BCUT2D eigenvalue weighted by Crippen LogP contribution is -2.49. The van der Waals surface area contributed by atoms with Crippen molar-refractivity contribution in [3.8, 4) is 0 Å². The molecule has 1 amide bonds. The number of hydrogen-bond donors (Lipinski definition) is 1. The Balaban J connectivity index is 1.90. The number of likely N-dealkylation sites (N-methyl/N-ethyl adjacent to an activating group) is 1. The molecule has 20 heavy (non-hydrogen) atoms. The van der Waals surface area contributed by atoms with E-state index in [9.17, 15) is 13.6 Å². The largest absolute Gasteiger partial charge is 0.339 e. The zero-order valence-electron chi connectivity index (χ0n) is 11.5. The first kappa shape index (κ1) is 14.9. The number of hydrogen-bond acceptors (Lipinski definition) is 3. The lowest BCUT2D eigenvalue weighted by molar-refractivity contribution is -0.132. The molecule has 6 heteroatoms. The first-order valence-electron chi connectivity index (χ1n) is 6.68. The van der Waals surface area contributed by atoms with Gasteiger partial charge in [-0.2, -0.15) is 0 Å². The maximum Gasteiger partial charge on any atom is 0.236 e. The van der Waals surface area contributed by atoms with E-state index in [1.807, 2.05) is 0 Å². The molecule has 0 spiro atoms. The van der Waals surface area contributed by atoms with Crippen LogP contribution >= 0.6 is 0 Å². The molecule has 1 N–H and O–H groups in total. The summed E-state index contributed by atoms with van der Waals surface area (Å²) in [7, 11) is 1.73. The molecule has 0 bridgehead atoms. The second-order valence-electron chi connectivity index (χ2n) is 5.02. The first-order chi connectivity index (χ1) is 9.58. The molecule has 1 aromatic rings. The molecule has 1 saturated heterocycles. The number of nitrogens with one attached hydrogen (secondary N) is 1. The van der Waals surface area contributed by atoms with E-state index in [0.29, 0.717) is 13.1 Å². The lowest BCUT2D eigenvalue weighted by Gasteiger charge is -2.29. The van der Waals surface area contributed by atoms with Gasteiger partial charge in [0.2, 0.25) is 5.91 Å². The third kappa shape index (κ3) is 3.74. The summed E-state index contributed by atoms with van der Waals surface area (Å²) in [6.45, 7) is 3.40. The third-order valence-corrected chi connectivity index (χ3v) is 3.35. The van der Waals surface area contributed by atoms with Crippen molar-refractivity contribution in [2.75, 3.05) is 39.8 Å². The van der Waals surface area contributed by atoms with E-state index in [-0.39, 0.29) is 24.6 Å². The van der Waals surface area contributed by atoms with E-state index in [2.05, 4.69) is 5.32 Å². The van der Waals surface area contributed by atoms with Gasteiger partial charge in [-0.3, -0.25) is 9.69 Å². The lowest BCUT2D eigenvalue weighted by atomic mass is 10.2. The van der Waals surface area contributed by atoms with E-state index in [1.54, 1.807) is 16.8 Å². The van der Waals surface area contributed by atoms with Crippen molar-refractivity contribution in [2.45, 2.75) is 6.54 Å². The number of benzene rings is 1. The molecule has 0 radical (unpaired) electrons. The van der Waals surface area contributed by atoms with Gasteiger partial charge < -0.3 is 10.2 Å². The molecule has 0 aromatic heterocycles. The Morgan fingerprint density at radius 2 is 2.05 bits per heavy atom. The molecule has 0 atom stereocenters. The average molecular weight is 283 g/mol. The van der Waals surface area contributed by atoms with Gasteiger partial charge in [-0.05, 0) is 13.1 Å². The molecule has 1 heterocycles. The summed E-state index contributed by atoms with van der Waals surface area (Å²) in [5.74, 6) is -1.68. The molecule has 1 aromatic carbocycles.